The first-order valence-electron chi connectivity index (χ1n) is 7.08. The molecule has 0 aromatic carbocycles. The van der Waals surface area contributed by atoms with Crippen LogP contribution in [0, 0.1) is 5.41 Å². The number of ether oxygens (including phenoxy) is 2. The fraction of sp³-hybridized carbons (Fsp3) is 0.529. The molecule has 1 atom stereocenters. The molecule has 0 saturated heterocycles. The van der Waals surface area contributed by atoms with E-state index in [1.165, 1.54) is 5.57 Å². The molecule has 1 aliphatic rings. The van der Waals surface area contributed by atoms with Crippen LogP contribution in [-0.4, -0.2) is 13.2 Å². The van der Waals surface area contributed by atoms with Gasteiger partial charge in [0.05, 0.1) is 0 Å². The summed E-state index contributed by atoms with van der Waals surface area (Å²) in [6.45, 7) is 15.5. The topological polar surface area (TPSA) is 18.5 Å². The van der Waals surface area contributed by atoms with E-state index in [9.17, 15) is 0 Å². The summed E-state index contributed by atoms with van der Waals surface area (Å²) < 4.78 is 11.5. The van der Waals surface area contributed by atoms with Crippen molar-refractivity contribution in [2.75, 3.05) is 13.2 Å². The fourth-order valence-corrected chi connectivity index (χ4v) is 2.52. The van der Waals surface area contributed by atoms with Crippen LogP contribution in [0.3, 0.4) is 0 Å². The molecule has 0 radical (unpaired) electrons. The summed E-state index contributed by atoms with van der Waals surface area (Å²) in [4.78, 5) is 0. The number of hydrogen-bond acceptors (Lipinski definition) is 2. The van der Waals surface area contributed by atoms with Crippen molar-refractivity contribution in [1.82, 2.24) is 0 Å². The highest BCUT2D eigenvalue weighted by Crippen LogP contribution is 2.42. The van der Waals surface area contributed by atoms with Crippen molar-refractivity contribution >= 4 is 0 Å². The molecule has 0 N–H and O–H groups in total. The Labute approximate surface area is 117 Å². The summed E-state index contributed by atoms with van der Waals surface area (Å²) in [5.41, 5.74) is 1.24. The smallest absolute Gasteiger partial charge is 0.165 e. The minimum atomic E-state index is 0.0766. The molecule has 0 aromatic rings. The Kier molecular flexibility index (Phi) is 5.94. The standard InChI is InChI=1S/C17H26O2/c1-6-10-14(17(5,9-4)11-7-2)16-15(8-3)18-12-13-19-16/h6,8,10H,1,3,7,9,11-13H2,2,4-5H3/b14-10+. The molecule has 1 heterocycles. The van der Waals surface area contributed by atoms with E-state index in [-0.39, 0.29) is 5.41 Å². The van der Waals surface area contributed by atoms with Gasteiger partial charge in [-0.1, -0.05) is 52.5 Å². The third kappa shape index (κ3) is 3.52. The van der Waals surface area contributed by atoms with E-state index in [0.29, 0.717) is 13.2 Å². The molecule has 1 rings (SSSR count). The van der Waals surface area contributed by atoms with Crippen molar-refractivity contribution < 1.29 is 9.47 Å². The van der Waals surface area contributed by atoms with E-state index >= 15 is 0 Å². The van der Waals surface area contributed by atoms with Crippen molar-refractivity contribution in [1.29, 1.82) is 0 Å². The van der Waals surface area contributed by atoms with E-state index in [1.807, 2.05) is 12.2 Å². The molecule has 0 bridgehead atoms. The van der Waals surface area contributed by atoms with Gasteiger partial charge in [-0.05, 0) is 24.3 Å². The van der Waals surface area contributed by atoms with Crippen molar-refractivity contribution in [3.05, 3.63) is 48.5 Å². The Hall–Kier alpha value is -1.44. The van der Waals surface area contributed by atoms with Gasteiger partial charge < -0.3 is 9.47 Å². The van der Waals surface area contributed by atoms with Crippen LogP contribution in [0.15, 0.2) is 48.5 Å². The summed E-state index contributed by atoms with van der Waals surface area (Å²) in [6.07, 6.45) is 8.90. The summed E-state index contributed by atoms with van der Waals surface area (Å²) in [6, 6.07) is 0. The summed E-state index contributed by atoms with van der Waals surface area (Å²) in [7, 11) is 0. The zero-order valence-electron chi connectivity index (χ0n) is 12.5. The predicted octanol–water partition coefficient (Wildman–Crippen LogP) is 4.76. The predicted molar refractivity (Wildman–Crippen MR) is 80.7 cm³/mol. The van der Waals surface area contributed by atoms with E-state index in [0.717, 1.165) is 30.8 Å². The second-order valence-electron chi connectivity index (χ2n) is 5.07. The lowest BCUT2D eigenvalue weighted by Gasteiger charge is -2.34. The van der Waals surface area contributed by atoms with Crippen LogP contribution in [-0.2, 0) is 9.47 Å². The molecule has 0 aliphatic carbocycles. The Morgan fingerprint density at radius 1 is 1.26 bits per heavy atom. The molecule has 2 nitrogen and oxygen atoms in total. The number of hydrogen-bond donors (Lipinski definition) is 0. The number of allylic oxidation sites excluding steroid dienone is 4. The van der Waals surface area contributed by atoms with E-state index in [1.54, 1.807) is 6.08 Å². The molecule has 2 heteroatoms. The van der Waals surface area contributed by atoms with Gasteiger partial charge in [-0.15, -0.1) is 0 Å². The zero-order valence-corrected chi connectivity index (χ0v) is 12.5. The lowest BCUT2D eigenvalue weighted by Crippen LogP contribution is -2.24. The van der Waals surface area contributed by atoms with Crippen molar-refractivity contribution in [3.63, 3.8) is 0 Å². The van der Waals surface area contributed by atoms with Crippen LogP contribution in [0.5, 0.6) is 0 Å². The molecule has 106 valence electrons. The minimum Gasteiger partial charge on any atom is -0.486 e. The van der Waals surface area contributed by atoms with Crippen LogP contribution in [0.2, 0.25) is 0 Å². The monoisotopic (exact) mass is 262 g/mol. The molecule has 0 amide bonds. The highest BCUT2D eigenvalue weighted by atomic mass is 16.6. The van der Waals surface area contributed by atoms with Crippen molar-refractivity contribution in [3.8, 4) is 0 Å². The van der Waals surface area contributed by atoms with Crippen LogP contribution in [0.1, 0.15) is 40.0 Å². The first-order valence-corrected chi connectivity index (χ1v) is 7.08. The first kappa shape index (κ1) is 15.6. The maximum Gasteiger partial charge on any atom is 0.165 e. The maximum atomic E-state index is 5.86. The molecule has 19 heavy (non-hydrogen) atoms. The van der Waals surface area contributed by atoms with Crippen LogP contribution in [0.25, 0.3) is 0 Å². The molecule has 0 spiro atoms. The normalized spacial score (nSPS) is 19.2. The quantitative estimate of drug-likeness (QED) is 0.616. The number of rotatable bonds is 7. The highest BCUT2D eigenvalue weighted by Gasteiger charge is 2.32. The molecule has 1 unspecified atom stereocenters. The summed E-state index contributed by atoms with van der Waals surface area (Å²) in [5.74, 6) is 1.58. The zero-order chi connectivity index (χ0) is 14.3. The summed E-state index contributed by atoms with van der Waals surface area (Å²) >= 11 is 0. The average molecular weight is 262 g/mol. The van der Waals surface area contributed by atoms with Gasteiger partial charge in [-0.25, -0.2) is 0 Å². The SMILES string of the molecule is C=C/C=C(\C1=C(C=C)OCCO1)C(C)(CC)CCC. The van der Waals surface area contributed by atoms with E-state index in [4.69, 9.17) is 9.47 Å². The fourth-order valence-electron chi connectivity index (χ4n) is 2.52. The highest BCUT2D eigenvalue weighted by molar-refractivity contribution is 5.39. The van der Waals surface area contributed by atoms with Gasteiger partial charge in [0.15, 0.2) is 11.5 Å². The molecule has 0 aromatic heterocycles. The third-order valence-electron chi connectivity index (χ3n) is 3.76. The Morgan fingerprint density at radius 3 is 2.47 bits per heavy atom. The second-order valence-corrected chi connectivity index (χ2v) is 5.07. The molecule has 0 fully saturated rings. The molecular formula is C17H26O2. The van der Waals surface area contributed by atoms with Crippen molar-refractivity contribution in [2.24, 2.45) is 5.41 Å². The van der Waals surface area contributed by atoms with Gasteiger partial charge in [-0.2, -0.15) is 0 Å². The average Bonchev–Trinajstić information content (AvgIpc) is 2.45. The summed E-state index contributed by atoms with van der Waals surface area (Å²) in [5, 5.41) is 0. The Balaban J connectivity index is 3.27. The first-order chi connectivity index (χ1) is 9.12. The minimum absolute atomic E-state index is 0.0766. The van der Waals surface area contributed by atoms with Crippen molar-refractivity contribution in [2.45, 2.75) is 40.0 Å². The van der Waals surface area contributed by atoms with Gasteiger partial charge in [0, 0.05) is 5.57 Å². The lowest BCUT2D eigenvalue weighted by atomic mass is 9.74. The van der Waals surface area contributed by atoms with E-state index < -0.39 is 0 Å². The largest absolute Gasteiger partial charge is 0.486 e. The van der Waals surface area contributed by atoms with Gasteiger partial charge in [0.2, 0.25) is 0 Å². The maximum absolute atomic E-state index is 5.86. The second kappa shape index (κ2) is 7.22. The molecular weight excluding hydrogens is 236 g/mol. The van der Waals surface area contributed by atoms with Crippen LogP contribution in [0.4, 0.5) is 0 Å². The van der Waals surface area contributed by atoms with Gasteiger partial charge in [0.1, 0.15) is 13.2 Å². The van der Waals surface area contributed by atoms with Gasteiger partial charge in [0.25, 0.3) is 0 Å². The molecule has 0 saturated carbocycles. The van der Waals surface area contributed by atoms with E-state index in [2.05, 4.69) is 33.9 Å². The Bertz CT molecular complexity index is 390. The third-order valence-corrected chi connectivity index (χ3v) is 3.76. The molecule has 1 aliphatic heterocycles. The Morgan fingerprint density at radius 2 is 1.95 bits per heavy atom. The van der Waals surface area contributed by atoms with Crippen LogP contribution < -0.4 is 0 Å². The van der Waals surface area contributed by atoms with Gasteiger partial charge in [-0.3, -0.25) is 0 Å². The van der Waals surface area contributed by atoms with Gasteiger partial charge >= 0.3 is 0 Å². The van der Waals surface area contributed by atoms with Crippen LogP contribution >= 0.6 is 0 Å². The lowest BCUT2D eigenvalue weighted by molar-refractivity contribution is 0.0686.